The van der Waals surface area contributed by atoms with E-state index >= 15 is 0 Å². The van der Waals surface area contributed by atoms with Gasteiger partial charge in [-0.05, 0) is 55.0 Å². The first kappa shape index (κ1) is 19.1. The number of carbonyl (C=O) groups is 1. The van der Waals surface area contributed by atoms with Gasteiger partial charge in [-0.1, -0.05) is 24.3 Å². The molecule has 0 unspecified atom stereocenters. The molecule has 148 valence electrons. The van der Waals surface area contributed by atoms with E-state index in [1.54, 1.807) is 13.1 Å². The van der Waals surface area contributed by atoms with Gasteiger partial charge in [0.05, 0.1) is 24.4 Å². The molecule has 0 bridgehead atoms. The maximum absolute atomic E-state index is 12.2. The first-order valence-corrected chi connectivity index (χ1v) is 9.95. The summed E-state index contributed by atoms with van der Waals surface area (Å²) in [5.74, 6) is -0.300. The summed E-state index contributed by atoms with van der Waals surface area (Å²) in [6.45, 7) is 2.22. The van der Waals surface area contributed by atoms with E-state index in [2.05, 4.69) is 27.1 Å². The normalized spacial score (nSPS) is 18.5. The first-order valence-electron chi connectivity index (χ1n) is 9.54. The van der Waals surface area contributed by atoms with Crippen molar-refractivity contribution in [3.63, 3.8) is 0 Å². The average Bonchev–Trinajstić information content (AvgIpc) is 3.35. The summed E-state index contributed by atoms with van der Waals surface area (Å²) in [7, 11) is 0. The topological polar surface area (TPSA) is 59.4 Å². The Balaban J connectivity index is 1.70. The van der Waals surface area contributed by atoms with Crippen molar-refractivity contribution in [2.75, 3.05) is 13.2 Å². The third-order valence-corrected chi connectivity index (χ3v) is 5.27. The molecular weight excluding hydrogens is 384 g/mol. The van der Waals surface area contributed by atoms with Crippen molar-refractivity contribution in [1.29, 1.82) is 0 Å². The fourth-order valence-corrected chi connectivity index (χ4v) is 3.94. The van der Waals surface area contributed by atoms with E-state index in [0.29, 0.717) is 11.7 Å². The van der Waals surface area contributed by atoms with Gasteiger partial charge in [0.1, 0.15) is 6.54 Å². The molecule has 7 heteroatoms. The Hall–Kier alpha value is -3.19. The van der Waals surface area contributed by atoms with Crippen molar-refractivity contribution in [3.05, 3.63) is 84.4 Å². The highest BCUT2D eigenvalue weighted by Crippen LogP contribution is 2.38. The molecule has 3 heterocycles. The quantitative estimate of drug-likeness (QED) is 0.500. The number of nitrogens with one attached hydrogen (secondary N) is 1. The third kappa shape index (κ3) is 4.00. The van der Waals surface area contributed by atoms with Crippen LogP contribution in [0.3, 0.4) is 0 Å². The lowest BCUT2D eigenvalue weighted by Crippen LogP contribution is -2.35. The van der Waals surface area contributed by atoms with Gasteiger partial charge < -0.3 is 19.5 Å². The zero-order chi connectivity index (χ0) is 20.2. The summed E-state index contributed by atoms with van der Waals surface area (Å²) < 4.78 is 7.23. The predicted molar refractivity (Wildman–Crippen MR) is 115 cm³/mol. The maximum atomic E-state index is 12.2. The number of hydrogen-bond donors (Lipinski definition) is 1. The van der Waals surface area contributed by atoms with Crippen LogP contribution in [0.1, 0.15) is 30.3 Å². The molecule has 4 rings (SSSR count). The summed E-state index contributed by atoms with van der Waals surface area (Å²) in [6.07, 6.45) is 5.86. The molecule has 6 nitrogen and oxygen atoms in total. The Morgan fingerprint density at radius 2 is 1.97 bits per heavy atom. The molecule has 0 spiro atoms. The minimum atomic E-state index is -0.300. The van der Waals surface area contributed by atoms with Crippen LogP contribution in [0.2, 0.25) is 0 Å². The van der Waals surface area contributed by atoms with Crippen molar-refractivity contribution in [3.8, 4) is 5.69 Å². The van der Waals surface area contributed by atoms with Crippen LogP contribution in [0.15, 0.2) is 73.2 Å². The van der Waals surface area contributed by atoms with E-state index in [9.17, 15) is 4.79 Å². The molecule has 0 saturated carbocycles. The molecule has 2 aromatic heterocycles. The number of nitrogens with zero attached hydrogens (tertiary/aromatic N) is 3. The summed E-state index contributed by atoms with van der Waals surface area (Å²) in [6, 6.07) is 17.6. The van der Waals surface area contributed by atoms with E-state index in [-0.39, 0.29) is 24.6 Å². The van der Waals surface area contributed by atoms with Gasteiger partial charge in [0.15, 0.2) is 5.11 Å². The fourth-order valence-electron chi connectivity index (χ4n) is 3.63. The lowest BCUT2D eigenvalue weighted by Gasteiger charge is -2.26. The van der Waals surface area contributed by atoms with Crippen LogP contribution in [-0.4, -0.2) is 38.7 Å². The second kappa shape index (κ2) is 8.45. The minimum Gasteiger partial charge on any atom is -0.465 e. The number of benzene rings is 1. The van der Waals surface area contributed by atoms with Crippen molar-refractivity contribution in [2.24, 2.45) is 0 Å². The largest absolute Gasteiger partial charge is 0.465 e. The van der Waals surface area contributed by atoms with E-state index < -0.39 is 0 Å². The average molecular weight is 407 g/mol. The van der Waals surface area contributed by atoms with Gasteiger partial charge in [-0.3, -0.25) is 9.78 Å². The number of rotatable bonds is 6. The highest BCUT2D eigenvalue weighted by molar-refractivity contribution is 7.80. The van der Waals surface area contributed by atoms with Crippen molar-refractivity contribution in [2.45, 2.75) is 19.0 Å². The number of ether oxygens (including phenoxy) is 1. The second-order valence-electron chi connectivity index (χ2n) is 6.75. The lowest BCUT2D eigenvalue weighted by molar-refractivity contribution is -0.143. The molecule has 29 heavy (non-hydrogen) atoms. The molecule has 2 atom stereocenters. The molecule has 0 amide bonds. The van der Waals surface area contributed by atoms with E-state index in [1.165, 1.54) is 0 Å². The zero-order valence-electron chi connectivity index (χ0n) is 16.1. The number of carbonyl (C=O) groups excluding carboxylic acids is 1. The van der Waals surface area contributed by atoms with Crippen molar-refractivity contribution < 1.29 is 9.53 Å². The first-order chi connectivity index (χ1) is 14.2. The van der Waals surface area contributed by atoms with E-state index in [4.69, 9.17) is 17.0 Å². The van der Waals surface area contributed by atoms with Gasteiger partial charge in [-0.15, -0.1) is 0 Å². The van der Waals surface area contributed by atoms with Gasteiger partial charge in [-0.25, -0.2) is 0 Å². The summed E-state index contributed by atoms with van der Waals surface area (Å²) in [5.41, 5.74) is 2.98. The molecular formula is C22H22N4O2S. The van der Waals surface area contributed by atoms with Crippen LogP contribution in [0.4, 0.5) is 0 Å². The molecule has 1 saturated heterocycles. The number of hydrogen-bond acceptors (Lipinski definition) is 4. The minimum absolute atomic E-state index is 0.0875. The molecule has 3 aromatic rings. The van der Waals surface area contributed by atoms with Gasteiger partial charge in [-0.2, -0.15) is 0 Å². The number of pyridine rings is 1. The summed E-state index contributed by atoms with van der Waals surface area (Å²) in [4.78, 5) is 18.6. The van der Waals surface area contributed by atoms with Gasteiger partial charge >= 0.3 is 5.97 Å². The van der Waals surface area contributed by atoms with Gasteiger partial charge in [0, 0.05) is 24.3 Å². The Morgan fingerprint density at radius 1 is 1.17 bits per heavy atom. The van der Waals surface area contributed by atoms with Crippen LogP contribution in [0.5, 0.6) is 0 Å². The second-order valence-corrected chi connectivity index (χ2v) is 7.13. The Bertz CT molecular complexity index is 990. The van der Waals surface area contributed by atoms with Crippen molar-refractivity contribution in [1.82, 2.24) is 19.8 Å². The number of thiocarbonyl (C=S) groups is 1. The Kier molecular flexibility index (Phi) is 5.57. The summed E-state index contributed by atoms with van der Waals surface area (Å²) in [5, 5.41) is 3.86. The number of aromatic nitrogens is 2. The predicted octanol–water partition coefficient (Wildman–Crippen LogP) is 3.41. The molecule has 1 aliphatic heterocycles. The SMILES string of the molecule is CCOC(=O)CN1C(=S)N[C@H](c2ccccn2)[C@H]1c1ccn(-c2ccccc2)c1. The molecule has 0 radical (unpaired) electrons. The van der Waals surface area contributed by atoms with Crippen LogP contribution in [-0.2, 0) is 9.53 Å². The van der Waals surface area contributed by atoms with E-state index in [0.717, 1.165) is 16.9 Å². The molecule has 0 aliphatic carbocycles. The Morgan fingerprint density at radius 3 is 2.69 bits per heavy atom. The molecule has 1 N–H and O–H groups in total. The van der Waals surface area contributed by atoms with Crippen LogP contribution >= 0.6 is 12.2 Å². The Labute approximate surface area is 175 Å². The highest BCUT2D eigenvalue weighted by Gasteiger charge is 2.41. The molecule has 1 aromatic carbocycles. The molecule has 1 aliphatic rings. The summed E-state index contributed by atoms with van der Waals surface area (Å²) >= 11 is 5.57. The zero-order valence-corrected chi connectivity index (χ0v) is 16.9. The van der Waals surface area contributed by atoms with Crippen LogP contribution in [0, 0.1) is 0 Å². The monoisotopic (exact) mass is 406 g/mol. The maximum Gasteiger partial charge on any atom is 0.325 e. The third-order valence-electron chi connectivity index (χ3n) is 4.91. The van der Waals surface area contributed by atoms with Gasteiger partial charge in [0.2, 0.25) is 0 Å². The van der Waals surface area contributed by atoms with Crippen LogP contribution in [0.25, 0.3) is 5.69 Å². The number of para-hydroxylation sites is 1. The lowest BCUT2D eigenvalue weighted by atomic mass is 9.99. The van der Waals surface area contributed by atoms with E-state index in [1.807, 2.05) is 59.6 Å². The highest BCUT2D eigenvalue weighted by atomic mass is 32.1. The smallest absolute Gasteiger partial charge is 0.325 e. The van der Waals surface area contributed by atoms with Gasteiger partial charge in [0.25, 0.3) is 0 Å². The standard InChI is InChI=1S/C22H22N4O2S/c1-2-28-19(27)15-26-21(20(24-22(26)29)18-10-6-7-12-23-18)16-11-13-25(14-16)17-8-4-3-5-9-17/h3-14,20-21H,2,15H2,1H3,(H,24,29)/t20-,21-/m1/s1. The fraction of sp³-hybridized carbons (Fsp3) is 0.227. The molecule has 1 fully saturated rings. The van der Waals surface area contributed by atoms with Crippen LogP contribution < -0.4 is 5.32 Å². The number of esters is 1. The van der Waals surface area contributed by atoms with Crippen molar-refractivity contribution >= 4 is 23.3 Å².